The molecular formula is C23H15N5O3. The number of ether oxygens (including phenoxy) is 2. The molecule has 0 aliphatic carbocycles. The molecule has 1 spiro atoms. The smallest absolute Gasteiger partial charge is 0.246 e. The van der Waals surface area contributed by atoms with Crippen molar-refractivity contribution in [2.45, 2.75) is 5.41 Å². The van der Waals surface area contributed by atoms with Crippen molar-refractivity contribution in [2.24, 2.45) is 5.73 Å². The van der Waals surface area contributed by atoms with Gasteiger partial charge in [-0.15, -0.1) is 0 Å². The van der Waals surface area contributed by atoms with Gasteiger partial charge in [0.2, 0.25) is 11.8 Å². The highest BCUT2D eigenvalue weighted by molar-refractivity contribution is 6.12. The van der Waals surface area contributed by atoms with Gasteiger partial charge >= 0.3 is 0 Å². The number of nitrogens with zero attached hydrogens (tertiary/aromatic N) is 3. The van der Waals surface area contributed by atoms with Gasteiger partial charge in [-0.05, 0) is 30.3 Å². The zero-order valence-electron chi connectivity index (χ0n) is 16.3. The molecule has 1 aromatic heterocycles. The van der Waals surface area contributed by atoms with Crippen molar-refractivity contribution >= 4 is 11.6 Å². The Balaban J connectivity index is 1.91. The normalized spacial score (nSPS) is 18.5. The minimum atomic E-state index is -1.56. The van der Waals surface area contributed by atoms with E-state index in [1.807, 2.05) is 0 Å². The molecule has 0 bridgehead atoms. The van der Waals surface area contributed by atoms with Crippen LogP contribution in [-0.2, 0) is 10.2 Å². The molecular weight excluding hydrogens is 394 g/mol. The summed E-state index contributed by atoms with van der Waals surface area (Å²) >= 11 is 0. The third-order valence-corrected chi connectivity index (χ3v) is 5.65. The van der Waals surface area contributed by atoms with Gasteiger partial charge in [0.1, 0.15) is 29.0 Å². The summed E-state index contributed by atoms with van der Waals surface area (Å²) in [4.78, 5) is 13.5. The lowest BCUT2D eigenvalue weighted by atomic mass is 9.71. The Kier molecular flexibility index (Phi) is 3.79. The number of carbonyl (C=O) groups is 1. The van der Waals surface area contributed by atoms with E-state index < -0.39 is 11.3 Å². The molecule has 8 nitrogen and oxygen atoms in total. The van der Waals surface area contributed by atoms with Crippen molar-refractivity contribution in [3.05, 3.63) is 83.0 Å². The van der Waals surface area contributed by atoms with E-state index in [-0.39, 0.29) is 22.8 Å². The van der Waals surface area contributed by atoms with Crippen LogP contribution in [0.5, 0.6) is 11.5 Å². The summed E-state index contributed by atoms with van der Waals surface area (Å²) in [6.45, 7) is 0. The summed E-state index contributed by atoms with van der Waals surface area (Å²) in [5.74, 6) is 0.171. The number of carbonyl (C=O) groups excluding carboxylic acids is 1. The molecule has 1 unspecified atom stereocenters. The van der Waals surface area contributed by atoms with Crippen LogP contribution in [0.2, 0.25) is 0 Å². The lowest BCUT2D eigenvalue weighted by Crippen LogP contribution is -2.43. The second-order valence-corrected chi connectivity index (χ2v) is 7.10. The molecule has 0 saturated heterocycles. The third-order valence-electron chi connectivity index (χ3n) is 5.65. The summed E-state index contributed by atoms with van der Waals surface area (Å²) in [5, 5.41) is 22.6. The molecule has 5 rings (SSSR count). The number of methoxy groups -OCH3 is 1. The molecule has 0 fully saturated rings. The molecule has 150 valence electrons. The van der Waals surface area contributed by atoms with Crippen molar-refractivity contribution in [3.63, 3.8) is 0 Å². The Morgan fingerprint density at radius 1 is 1.13 bits per heavy atom. The van der Waals surface area contributed by atoms with Crippen LogP contribution in [0.25, 0.3) is 5.69 Å². The van der Waals surface area contributed by atoms with Crippen LogP contribution in [0.1, 0.15) is 16.8 Å². The minimum Gasteiger partial charge on any atom is -0.497 e. The quantitative estimate of drug-likeness (QED) is 0.670. The standard InChI is InChI=1S/C23H15N5O3/c1-30-15-8-6-14(7-9-15)28-12-13(10-24)19-20(28)23(17(11-25)21(26)31-19)16-4-2-3-5-18(16)27-22(23)29/h2-9,12H,26H2,1H3,(H,27,29). The van der Waals surface area contributed by atoms with Crippen LogP contribution >= 0.6 is 0 Å². The van der Waals surface area contributed by atoms with Crippen molar-refractivity contribution in [2.75, 3.05) is 12.4 Å². The lowest BCUT2D eigenvalue weighted by molar-refractivity contribution is -0.118. The van der Waals surface area contributed by atoms with Gasteiger partial charge in [0.25, 0.3) is 0 Å². The highest BCUT2D eigenvalue weighted by atomic mass is 16.5. The van der Waals surface area contributed by atoms with E-state index in [9.17, 15) is 15.3 Å². The molecule has 3 heterocycles. The van der Waals surface area contributed by atoms with Crippen LogP contribution < -0.4 is 20.5 Å². The van der Waals surface area contributed by atoms with E-state index in [2.05, 4.69) is 17.5 Å². The summed E-state index contributed by atoms with van der Waals surface area (Å²) in [7, 11) is 1.57. The van der Waals surface area contributed by atoms with Gasteiger partial charge in [-0.2, -0.15) is 10.5 Å². The van der Waals surface area contributed by atoms with Gasteiger partial charge in [0.05, 0.1) is 12.8 Å². The largest absolute Gasteiger partial charge is 0.497 e. The summed E-state index contributed by atoms with van der Waals surface area (Å²) < 4.78 is 12.7. The molecule has 8 heteroatoms. The van der Waals surface area contributed by atoms with Crippen molar-refractivity contribution in [1.29, 1.82) is 10.5 Å². The number of nitriles is 2. The Labute approximate surface area is 177 Å². The van der Waals surface area contributed by atoms with Crippen LogP contribution in [0.3, 0.4) is 0 Å². The van der Waals surface area contributed by atoms with Gasteiger partial charge < -0.3 is 25.1 Å². The fourth-order valence-corrected chi connectivity index (χ4v) is 4.31. The third kappa shape index (κ3) is 2.24. The number of hydrogen-bond acceptors (Lipinski definition) is 6. The average molecular weight is 409 g/mol. The number of anilines is 1. The minimum absolute atomic E-state index is 0.0280. The predicted molar refractivity (Wildman–Crippen MR) is 110 cm³/mol. The average Bonchev–Trinajstić information content (AvgIpc) is 3.30. The molecule has 2 aliphatic rings. The molecule has 2 aromatic carbocycles. The van der Waals surface area contributed by atoms with Crippen LogP contribution in [0, 0.1) is 22.7 Å². The first-order chi connectivity index (χ1) is 15.1. The molecule has 3 aromatic rings. The van der Waals surface area contributed by atoms with Crippen LogP contribution in [-0.4, -0.2) is 17.6 Å². The van der Waals surface area contributed by atoms with E-state index in [1.165, 1.54) is 0 Å². The monoisotopic (exact) mass is 409 g/mol. The number of rotatable bonds is 2. The molecule has 31 heavy (non-hydrogen) atoms. The van der Waals surface area contributed by atoms with E-state index in [4.69, 9.17) is 15.2 Å². The summed E-state index contributed by atoms with van der Waals surface area (Å²) in [5.41, 5.74) is 6.87. The predicted octanol–water partition coefficient (Wildman–Crippen LogP) is 2.68. The zero-order chi connectivity index (χ0) is 21.8. The highest BCUT2D eigenvalue weighted by Gasteiger charge is 2.58. The number of para-hydroxylation sites is 1. The number of nitrogens with two attached hydrogens (primary N) is 1. The van der Waals surface area contributed by atoms with Gasteiger partial charge in [-0.1, -0.05) is 18.2 Å². The molecule has 0 saturated carbocycles. The topological polar surface area (TPSA) is 126 Å². The van der Waals surface area contributed by atoms with E-state index in [1.54, 1.807) is 66.4 Å². The SMILES string of the molecule is COc1ccc(-n2cc(C#N)c3c2C2(C(=O)Nc4ccccc42)C(C#N)=C(N)O3)cc1. The maximum absolute atomic E-state index is 13.5. The number of amides is 1. The molecule has 1 amide bonds. The van der Waals surface area contributed by atoms with E-state index >= 15 is 0 Å². The van der Waals surface area contributed by atoms with Gasteiger partial charge in [-0.25, -0.2) is 0 Å². The molecule has 1 atom stereocenters. The number of aromatic nitrogens is 1. The van der Waals surface area contributed by atoms with Crippen LogP contribution in [0.15, 0.2) is 66.2 Å². The number of benzene rings is 2. The van der Waals surface area contributed by atoms with Gasteiger partial charge in [0.15, 0.2) is 11.2 Å². The maximum Gasteiger partial charge on any atom is 0.246 e. The molecule has 0 radical (unpaired) electrons. The highest BCUT2D eigenvalue weighted by Crippen LogP contribution is 2.54. The van der Waals surface area contributed by atoms with Crippen molar-refractivity contribution < 1.29 is 14.3 Å². The first kappa shape index (κ1) is 18.3. The summed E-state index contributed by atoms with van der Waals surface area (Å²) in [6, 6.07) is 18.4. The Morgan fingerprint density at radius 3 is 2.55 bits per heavy atom. The van der Waals surface area contributed by atoms with E-state index in [0.717, 1.165) is 0 Å². The Hall–Kier alpha value is -4.69. The fourth-order valence-electron chi connectivity index (χ4n) is 4.31. The lowest BCUT2D eigenvalue weighted by Gasteiger charge is -2.33. The molecule has 3 N–H and O–H groups in total. The van der Waals surface area contributed by atoms with Crippen LogP contribution in [0.4, 0.5) is 5.69 Å². The number of nitrogens with one attached hydrogen (secondary N) is 1. The Bertz CT molecular complexity index is 1370. The number of hydrogen-bond donors (Lipinski definition) is 2. The van der Waals surface area contributed by atoms with E-state index in [0.29, 0.717) is 28.4 Å². The first-order valence-electron chi connectivity index (χ1n) is 9.35. The molecule has 2 aliphatic heterocycles. The maximum atomic E-state index is 13.5. The second kappa shape index (κ2) is 6.41. The first-order valence-corrected chi connectivity index (χ1v) is 9.35. The van der Waals surface area contributed by atoms with Gasteiger partial charge in [-0.3, -0.25) is 4.79 Å². The fraction of sp³-hybridized carbons (Fsp3) is 0.0870. The summed E-state index contributed by atoms with van der Waals surface area (Å²) in [6.07, 6.45) is 1.58. The van der Waals surface area contributed by atoms with Gasteiger partial charge in [0, 0.05) is 23.1 Å². The van der Waals surface area contributed by atoms with Crippen molar-refractivity contribution in [3.8, 4) is 29.3 Å². The number of fused-ring (bicyclic) bond motifs is 4. The van der Waals surface area contributed by atoms with Crippen molar-refractivity contribution in [1.82, 2.24) is 4.57 Å². The second-order valence-electron chi connectivity index (χ2n) is 7.10. The zero-order valence-corrected chi connectivity index (χ0v) is 16.3. The Morgan fingerprint density at radius 2 is 1.87 bits per heavy atom.